The lowest BCUT2D eigenvalue weighted by atomic mass is 9.87. The first kappa shape index (κ1) is 25.4. The molecule has 3 aromatic rings. The van der Waals surface area contributed by atoms with Crippen LogP contribution in [0.5, 0.6) is 5.75 Å². The van der Waals surface area contributed by atoms with Gasteiger partial charge in [0.15, 0.2) is 12.4 Å². The molecule has 34 heavy (non-hydrogen) atoms. The summed E-state index contributed by atoms with van der Waals surface area (Å²) in [6, 6.07) is 10.4. The lowest BCUT2D eigenvalue weighted by Gasteiger charge is -2.21. The molecule has 7 nitrogen and oxygen atoms in total. The fourth-order valence-corrected chi connectivity index (χ4v) is 4.23. The van der Waals surface area contributed by atoms with Gasteiger partial charge in [0.25, 0.3) is 10.0 Å². The smallest absolute Gasteiger partial charge is 0.422 e. The predicted octanol–water partition coefficient (Wildman–Crippen LogP) is 4.86. The number of halogens is 3. The molecule has 0 aliphatic heterocycles. The fourth-order valence-electron chi connectivity index (χ4n) is 3.10. The van der Waals surface area contributed by atoms with Crippen LogP contribution >= 0.6 is 0 Å². The Kier molecular flexibility index (Phi) is 6.62. The zero-order valence-corrected chi connectivity index (χ0v) is 20.1. The second kappa shape index (κ2) is 8.86. The Hall–Kier alpha value is -3.21. The third kappa shape index (κ3) is 5.82. The summed E-state index contributed by atoms with van der Waals surface area (Å²) in [4.78, 5) is 14.0. The summed E-state index contributed by atoms with van der Waals surface area (Å²) in [5.41, 5.74) is 1.20. The van der Waals surface area contributed by atoms with Crippen LogP contribution in [0.25, 0.3) is 11.0 Å². The molecule has 11 heteroatoms. The number of alkyl halides is 3. The van der Waals surface area contributed by atoms with E-state index in [1.807, 2.05) is 44.5 Å². The number of hydrogen-bond acceptors (Lipinski definition) is 6. The predicted molar refractivity (Wildman–Crippen MR) is 122 cm³/mol. The molecule has 0 radical (unpaired) electrons. The molecule has 0 spiro atoms. The molecule has 1 heterocycles. The van der Waals surface area contributed by atoms with Gasteiger partial charge >= 0.3 is 12.1 Å². The van der Waals surface area contributed by atoms with Crippen molar-refractivity contribution in [3.63, 3.8) is 0 Å². The molecule has 0 fully saturated rings. The average molecular weight is 499 g/mol. The number of nitrogens with zero attached hydrogens (tertiary/aromatic N) is 1. The number of ether oxygens (including phenoxy) is 1. The van der Waals surface area contributed by atoms with Gasteiger partial charge in [-0.2, -0.15) is 13.2 Å². The van der Waals surface area contributed by atoms with Crippen molar-refractivity contribution in [1.82, 2.24) is 4.72 Å². The number of sulfonamides is 1. The summed E-state index contributed by atoms with van der Waals surface area (Å²) in [5.74, 6) is -1.85. The topological polar surface area (TPSA) is 88.9 Å². The van der Waals surface area contributed by atoms with Crippen LogP contribution in [-0.4, -0.2) is 41.2 Å². The molecule has 2 aromatic carbocycles. The number of hydrogen-bond donors (Lipinski definition) is 1. The molecule has 1 N–H and O–H groups in total. The van der Waals surface area contributed by atoms with E-state index >= 15 is 0 Å². The monoisotopic (exact) mass is 498 g/mol. The van der Waals surface area contributed by atoms with Crippen LogP contribution in [0, 0.1) is 0 Å². The van der Waals surface area contributed by atoms with E-state index < -0.39 is 44.8 Å². The number of amides is 1. The van der Waals surface area contributed by atoms with Crippen LogP contribution in [0.3, 0.4) is 0 Å². The number of nitrogens with one attached hydrogen (secondary N) is 1. The molecular formula is C23H25F3N2O5S. The number of furan rings is 1. The van der Waals surface area contributed by atoms with Gasteiger partial charge in [0.05, 0.1) is 0 Å². The highest BCUT2D eigenvalue weighted by Crippen LogP contribution is 2.32. The zero-order valence-electron chi connectivity index (χ0n) is 19.3. The lowest BCUT2D eigenvalue weighted by molar-refractivity contribution is -0.153. The van der Waals surface area contributed by atoms with Gasteiger partial charge < -0.3 is 14.1 Å². The summed E-state index contributed by atoms with van der Waals surface area (Å²) < 4.78 is 76.3. The van der Waals surface area contributed by atoms with Gasteiger partial charge in [0, 0.05) is 31.2 Å². The summed E-state index contributed by atoms with van der Waals surface area (Å²) >= 11 is 0. The number of benzene rings is 2. The van der Waals surface area contributed by atoms with E-state index in [1.54, 1.807) is 18.2 Å². The number of rotatable bonds is 6. The highest BCUT2D eigenvalue weighted by Gasteiger charge is 2.32. The van der Waals surface area contributed by atoms with Crippen LogP contribution in [0.1, 0.15) is 36.9 Å². The van der Waals surface area contributed by atoms with E-state index in [0.29, 0.717) is 16.5 Å². The summed E-state index contributed by atoms with van der Waals surface area (Å²) in [7, 11) is -0.952. The molecule has 0 aliphatic rings. The van der Waals surface area contributed by atoms with Crippen LogP contribution < -0.4 is 14.4 Å². The van der Waals surface area contributed by atoms with Crippen molar-refractivity contribution in [1.29, 1.82) is 0 Å². The third-order valence-corrected chi connectivity index (χ3v) is 6.31. The molecular weight excluding hydrogens is 473 g/mol. The number of anilines is 1. The van der Waals surface area contributed by atoms with Gasteiger partial charge in [-0.05, 0) is 41.3 Å². The van der Waals surface area contributed by atoms with Gasteiger partial charge in [-0.15, -0.1) is 0 Å². The van der Waals surface area contributed by atoms with Crippen molar-refractivity contribution in [3.8, 4) is 5.75 Å². The average Bonchev–Trinajstić information content (AvgIpc) is 3.14. The minimum absolute atomic E-state index is 0.265. The molecule has 3 rings (SSSR count). The maximum absolute atomic E-state index is 13.1. The fraction of sp³-hybridized carbons (Fsp3) is 0.348. The lowest BCUT2D eigenvalue weighted by Crippen LogP contribution is -2.31. The maximum Gasteiger partial charge on any atom is 0.422 e. The molecule has 0 unspecified atom stereocenters. The normalized spacial score (nSPS) is 12.6. The standard InChI is InChI=1S/C23H25F3N2O5S/c1-22(2,3)15-7-9-17(32-13-23(24,25)26)20(11-15)34(30,31)27-21(29)19-10-14-6-8-16(28(4)5)12-18(14)33-19/h6-12H,13H2,1-5H3,(H,27,29). The van der Waals surface area contributed by atoms with Crippen LogP contribution in [-0.2, 0) is 15.4 Å². The van der Waals surface area contributed by atoms with Gasteiger partial charge in [0.2, 0.25) is 0 Å². The Labute approximate surface area is 195 Å². The Balaban J connectivity index is 1.96. The molecule has 0 saturated carbocycles. The maximum atomic E-state index is 13.1. The highest BCUT2D eigenvalue weighted by molar-refractivity contribution is 7.90. The van der Waals surface area contributed by atoms with Gasteiger partial charge in [-0.1, -0.05) is 26.8 Å². The van der Waals surface area contributed by atoms with E-state index in [9.17, 15) is 26.4 Å². The first-order chi connectivity index (χ1) is 15.6. The van der Waals surface area contributed by atoms with Crippen molar-refractivity contribution < 1.29 is 35.5 Å². The summed E-state index contributed by atoms with van der Waals surface area (Å²) in [6.45, 7) is 3.74. The molecule has 0 saturated heterocycles. The van der Waals surface area contributed by atoms with Crippen molar-refractivity contribution in [2.24, 2.45) is 0 Å². The van der Waals surface area contributed by atoms with E-state index in [0.717, 1.165) is 11.8 Å². The molecule has 1 amide bonds. The Bertz CT molecular complexity index is 1320. The molecule has 0 bridgehead atoms. The SMILES string of the molecule is CN(C)c1ccc2cc(C(=O)NS(=O)(=O)c3cc(C(C)(C)C)ccc3OCC(F)(F)F)oc2c1. The summed E-state index contributed by atoms with van der Waals surface area (Å²) in [6.07, 6.45) is -4.67. The third-order valence-electron chi connectivity index (χ3n) is 4.96. The molecule has 184 valence electrons. The second-order valence-electron chi connectivity index (χ2n) is 8.98. The molecule has 1 aromatic heterocycles. The minimum Gasteiger partial charge on any atom is -0.483 e. The van der Waals surface area contributed by atoms with Crippen LogP contribution in [0.15, 0.2) is 51.8 Å². The van der Waals surface area contributed by atoms with E-state index in [2.05, 4.69) is 0 Å². The summed E-state index contributed by atoms with van der Waals surface area (Å²) in [5, 5.41) is 0.581. The van der Waals surface area contributed by atoms with Crippen molar-refractivity contribution in [3.05, 3.63) is 53.8 Å². The minimum atomic E-state index is -4.67. The largest absolute Gasteiger partial charge is 0.483 e. The van der Waals surface area contributed by atoms with E-state index in [1.165, 1.54) is 18.2 Å². The first-order valence-electron chi connectivity index (χ1n) is 10.2. The number of fused-ring (bicyclic) bond motifs is 1. The van der Waals surface area contributed by atoms with Crippen molar-refractivity contribution in [2.45, 2.75) is 37.3 Å². The van der Waals surface area contributed by atoms with Crippen LogP contribution in [0.4, 0.5) is 18.9 Å². The number of carbonyl (C=O) groups excluding carboxylic acids is 1. The molecule has 0 atom stereocenters. The van der Waals surface area contributed by atoms with Gasteiger partial charge in [0.1, 0.15) is 16.2 Å². The van der Waals surface area contributed by atoms with E-state index in [4.69, 9.17) is 9.15 Å². The number of carbonyl (C=O) groups is 1. The van der Waals surface area contributed by atoms with Crippen molar-refractivity contribution >= 4 is 32.6 Å². The van der Waals surface area contributed by atoms with Gasteiger partial charge in [-0.3, -0.25) is 4.79 Å². The Morgan fingerprint density at radius 3 is 2.32 bits per heavy atom. The Morgan fingerprint density at radius 2 is 1.74 bits per heavy atom. The van der Waals surface area contributed by atoms with Gasteiger partial charge in [-0.25, -0.2) is 13.1 Å². The first-order valence-corrected chi connectivity index (χ1v) is 11.7. The van der Waals surface area contributed by atoms with Crippen molar-refractivity contribution in [2.75, 3.05) is 25.6 Å². The Morgan fingerprint density at radius 1 is 1.06 bits per heavy atom. The highest BCUT2D eigenvalue weighted by atomic mass is 32.2. The second-order valence-corrected chi connectivity index (χ2v) is 10.6. The van der Waals surface area contributed by atoms with Crippen LogP contribution in [0.2, 0.25) is 0 Å². The molecule has 0 aliphatic carbocycles. The van der Waals surface area contributed by atoms with E-state index in [-0.39, 0.29) is 5.76 Å². The zero-order chi connectivity index (χ0) is 25.5. The quantitative estimate of drug-likeness (QED) is 0.522.